The largest absolute Gasteiger partial charge is 0.389 e. The summed E-state index contributed by atoms with van der Waals surface area (Å²) in [6.07, 6.45) is 3.59. The Morgan fingerprint density at radius 2 is 2.16 bits per heavy atom. The molecule has 0 spiro atoms. The van der Waals surface area contributed by atoms with Gasteiger partial charge in [-0.15, -0.1) is 0 Å². The number of benzene rings is 1. The molecule has 0 aliphatic heterocycles. The smallest absolute Gasteiger partial charge is 0.107 e. The molecule has 0 amide bonds. The molecule has 2 aromatic rings. The molecule has 1 heterocycles. The second kappa shape index (κ2) is 5.99. The van der Waals surface area contributed by atoms with Gasteiger partial charge in [0.2, 0.25) is 0 Å². The lowest BCUT2D eigenvalue weighted by atomic mass is 10.1. The quantitative estimate of drug-likeness (QED) is 0.880. The van der Waals surface area contributed by atoms with Gasteiger partial charge in [0.25, 0.3) is 0 Å². The lowest BCUT2D eigenvalue weighted by Gasteiger charge is -2.22. The van der Waals surface area contributed by atoms with Crippen LogP contribution in [0.2, 0.25) is 5.02 Å². The van der Waals surface area contributed by atoms with Crippen LogP contribution < -0.4 is 10.6 Å². The third-order valence-electron chi connectivity index (χ3n) is 2.79. The van der Waals surface area contributed by atoms with Gasteiger partial charge in [-0.25, -0.2) is 0 Å². The molecule has 98 valence electrons. The van der Waals surface area contributed by atoms with Crippen molar-refractivity contribution in [2.24, 2.45) is 5.73 Å². The van der Waals surface area contributed by atoms with Crippen molar-refractivity contribution in [3.8, 4) is 0 Å². The van der Waals surface area contributed by atoms with Gasteiger partial charge in [-0.3, -0.25) is 4.98 Å². The van der Waals surface area contributed by atoms with Gasteiger partial charge in [0.1, 0.15) is 4.99 Å². The van der Waals surface area contributed by atoms with Crippen LogP contribution in [0.1, 0.15) is 11.1 Å². The molecule has 19 heavy (non-hydrogen) atoms. The van der Waals surface area contributed by atoms with Crippen LogP contribution in [0.15, 0.2) is 42.7 Å². The molecule has 2 rings (SSSR count). The number of aromatic nitrogens is 1. The molecule has 2 N–H and O–H groups in total. The number of thiocarbonyl (C=S) groups is 1. The van der Waals surface area contributed by atoms with E-state index in [9.17, 15) is 0 Å². The zero-order valence-corrected chi connectivity index (χ0v) is 12.1. The minimum atomic E-state index is 0.304. The molecule has 3 nitrogen and oxygen atoms in total. The number of hydrogen-bond donors (Lipinski definition) is 1. The highest BCUT2D eigenvalue weighted by atomic mass is 35.5. The van der Waals surface area contributed by atoms with Crippen molar-refractivity contribution in [2.75, 3.05) is 11.9 Å². The normalized spacial score (nSPS) is 10.2. The first kappa shape index (κ1) is 13.8. The maximum absolute atomic E-state index is 6.16. The fraction of sp³-hybridized carbons (Fsp3) is 0.143. The highest BCUT2D eigenvalue weighted by Gasteiger charge is 2.13. The minimum absolute atomic E-state index is 0.304. The monoisotopic (exact) mass is 291 g/mol. The van der Waals surface area contributed by atoms with Crippen LogP contribution in [0.5, 0.6) is 0 Å². The summed E-state index contributed by atoms with van der Waals surface area (Å²) >= 11 is 11.2. The van der Waals surface area contributed by atoms with E-state index in [0.29, 0.717) is 22.1 Å². The zero-order valence-electron chi connectivity index (χ0n) is 10.5. The molecule has 0 aliphatic carbocycles. The Morgan fingerprint density at radius 1 is 1.37 bits per heavy atom. The molecule has 0 radical (unpaired) electrons. The summed E-state index contributed by atoms with van der Waals surface area (Å²) in [6.45, 7) is 0.712. The molecular weight excluding hydrogens is 278 g/mol. The topological polar surface area (TPSA) is 42.2 Å². The van der Waals surface area contributed by atoms with Crippen molar-refractivity contribution in [3.63, 3.8) is 0 Å². The maximum Gasteiger partial charge on any atom is 0.107 e. The Labute approximate surface area is 123 Å². The summed E-state index contributed by atoms with van der Waals surface area (Å²) in [6, 6.07) is 9.57. The van der Waals surface area contributed by atoms with Crippen molar-refractivity contribution in [2.45, 2.75) is 6.54 Å². The highest BCUT2D eigenvalue weighted by Crippen LogP contribution is 2.27. The van der Waals surface area contributed by atoms with Gasteiger partial charge in [0.05, 0.1) is 10.6 Å². The summed E-state index contributed by atoms with van der Waals surface area (Å²) < 4.78 is 0. The van der Waals surface area contributed by atoms with Gasteiger partial charge in [-0.1, -0.05) is 36.0 Å². The van der Waals surface area contributed by atoms with Gasteiger partial charge >= 0.3 is 0 Å². The number of nitrogens with two attached hydrogens (primary N) is 1. The fourth-order valence-electron chi connectivity index (χ4n) is 1.93. The number of pyridine rings is 1. The molecule has 0 bridgehead atoms. The van der Waals surface area contributed by atoms with E-state index in [2.05, 4.69) is 9.88 Å². The average molecular weight is 292 g/mol. The first-order valence-electron chi connectivity index (χ1n) is 5.78. The second-order valence-electron chi connectivity index (χ2n) is 4.22. The Bertz CT molecular complexity index is 586. The fourth-order valence-corrected chi connectivity index (χ4v) is 2.47. The average Bonchev–Trinajstić information content (AvgIpc) is 2.39. The van der Waals surface area contributed by atoms with E-state index in [4.69, 9.17) is 29.6 Å². The van der Waals surface area contributed by atoms with E-state index in [0.717, 1.165) is 11.3 Å². The molecule has 0 unspecified atom stereocenters. The molecule has 0 saturated carbocycles. The van der Waals surface area contributed by atoms with E-state index in [1.807, 2.05) is 37.5 Å². The SMILES string of the molecule is CN(Cc1cccnc1)c1cccc(Cl)c1C(N)=S. The van der Waals surface area contributed by atoms with Gasteiger partial charge < -0.3 is 10.6 Å². The number of hydrogen-bond acceptors (Lipinski definition) is 3. The highest BCUT2D eigenvalue weighted by molar-refractivity contribution is 7.80. The van der Waals surface area contributed by atoms with Crippen LogP contribution in [-0.4, -0.2) is 17.0 Å². The minimum Gasteiger partial charge on any atom is -0.389 e. The lowest BCUT2D eigenvalue weighted by molar-refractivity contribution is 0.914. The molecule has 0 fully saturated rings. The molecule has 0 aliphatic rings. The van der Waals surface area contributed by atoms with Gasteiger partial charge in [0, 0.05) is 31.7 Å². The van der Waals surface area contributed by atoms with Crippen LogP contribution in [0.25, 0.3) is 0 Å². The van der Waals surface area contributed by atoms with E-state index in [1.54, 1.807) is 12.3 Å². The van der Waals surface area contributed by atoms with E-state index >= 15 is 0 Å². The van der Waals surface area contributed by atoms with Gasteiger partial charge in [-0.2, -0.15) is 0 Å². The molecule has 5 heteroatoms. The first-order chi connectivity index (χ1) is 9.09. The second-order valence-corrected chi connectivity index (χ2v) is 5.06. The molecule has 0 saturated heterocycles. The van der Waals surface area contributed by atoms with Crippen molar-refractivity contribution >= 4 is 34.5 Å². The standard InChI is InChI=1S/C14H14ClN3S/c1-18(9-10-4-3-7-17-8-10)12-6-2-5-11(15)13(12)14(16)19/h2-8H,9H2,1H3,(H2,16,19). The Morgan fingerprint density at radius 3 is 2.79 bits per heavy atom. The van der Waals surface area contributed by atoms with Crippen LogP contribution in [0.3, 0.4) is 0 Å². The Balaban J connectivity index is 2.31. The molecule has 0 atom stereocenters. The Hall–Kier alpha value is -1.65. The molecule has 1 aromatic carbocycles. The van der Waals surface area contributed by atoms with E-state index in [-0.39, 0.29) is 0 Å². The summed E-state index contributed by atoms with van der Waals surface area (Å²) in [4.78, 5) is 6.46. The Kier molecular flexibility index (Phi) is 4.35. The molecular formula is C14H14ClN3S. The van der Waals surface area contributed by atoms with Gasteiger partial charge in [0.15, 0.2) is 0 Å². The van der Waals surface area contributed by atoms with Crippen molar-refractivity contribution in [1.82, 2.24) is 4.98 Å². The number of anilines is 1. The predicted molar refractivity (Wildman–Crippen MR) is 83.7 cm³/mol. The van der Waals surface area contributed by atoms with Crippen LogP contribution in [0.4, 0.5) is 5.69 Å². The first-order valence-corrected chi connectivity index (χ1v) is 6.56. The summed E-state index contributed by atoms with van der Waals surface area (Å²) in [7, 11) is 1.97. The third-order valence-corrected chi connectivity index (χ3v) is 3.31. The van der Waals surface area contributed by atoms with Crippen molar-refractivity contribution in [3.05, 3.63) is 58.9 Å². The predicted octanol–water partition coefficient (Wildman–Crippen LogP) is 3.01. The number of nitrogens with zero attached hydrogens (tertiary/aromatic N) is 2. The van der Waals surface area contributed by atoms with E-state index in [1.165, 1.54) is 0 Å². The maximum atomic E-state index is 6.16. The lowest BCUT2D eigenvalue weighted by Crippen LogP contribution is -2.21. The number of halogens is 1. The van der Waals surface area contributed by atoms with Crippen LogP contribution in [-0.2, 0) is 6.54 Å². The van der Waals surface area contributed by atoms with Crippen molar-refractivity contribution < 1.29 is 0 Å². The number of rotatable bonds is 4. The van der Waals surface area contributed by atoms with Crippen LogP contribution >= 0.6 is 23.8 Å². The summed E-state index contributed by atoms with van der Waals surface area (Å²) in [5, 5.41) is 0.572. The zero-order chi connectivity index (χ0) is 13.8. The summed E-state index contributed by atoms with van der Waals surface area (Å²) in [5.74, 6) is 0. The van der Waals surface area contributed by atoms with Crippen molar-refractivity contribution in [1.29, 1.82) is 0 Å². The summed E-state index contributed by atoms with van der Waals surface area (Å²) in [5.41, 5.74) is 8.50. The van der Waals surface area contributed by atoms with E-state index < -0.39 is 0 Å². The third kappa shape index (κ3) is 3.22. The molecule has 1 aromatic heterocycles. The van der Waals surface area contributed by atoms with Gasteiger partial charge in [-0.05, 0) is 23.8 Å². The van der Waals surface area contributed by atoms with Crippen LogP contribution in [0, 0.1) is 0 Å².